The lowest BCUT2D eigenvalue weighted by molar-refractivity contribution is 0.177. The highest BCUT2D eigenvalue weighted by Crippen LogP contribution is 2.22. The van der Waals surface area contributed by atoms with E-state index >= 15 is 0 Å². The monoisotopic (exact) mass is 280 g/mol. The summed E-state index contributed by atoms with van der Waals surface area (Å²) >= 11 is 6.00. The van der Waals surface area contributed by atoms with Gasteiger partial charge < -0.3 is 10.6 Å². The van der Waals surface area contributed by atoms with Crippen LogP contribution in [-0.2, 0) is 0 Å². The minimum Gasteiger partial charge on any atom is -0.324 e. The lowest BCUT2D eigenvalue weighted by atomic mass is 9.94. The van der Waals surface area contributed by atoms with E-state index in [0.29, 0.717) is 0 Å². The maximum absolute atomic E-state index is 6.25. The minimum absolute atomic E-state index is 0.0996. The fraction of sp³-hybridized carbons (Fsp3) is 0.625. The minimum atomic E-state index is 0.0996. The summed E-state index contributed by atoms with van der Waals surface area (Å²) in [6.07, 6.45) is 5.04. The number of nitrogens with zero attached hydrogens (tertiary/aromatic N) is 1. The third-order valence-corrected chi connectivity index (χ3v) is 4.55. The van der Waals surface area contributed by atoms with Gasteiger partial charge in [-0.05, 0) is 62.5 Å². The molecule has 1 aliphatic heterocycles. The molecular weight excluding hydrogens is 256 g/mol. The first-order valence-electron chi connectivity index (χ1n) is 7.42. The maximum Gasteiger partial charge on any atom is 0.0409 e. The van der Waals surface area contributed by atoms with Crippen molar-refractivity contribution >= 4 is 11.6 Å². The van der Waals surface area contributed by atoms with Gasteiger partial charge in [-0.2, -0.15) is 0 Å². The van der Waals surface area contributed by atoms with Crippen molar-refractivity contribution in [3.05, 3.63) is 34.9 Å². The number of halogens is 1. The Balaban J connectivity index is 1.76. The molecule has 1 atom stereocenters. The van der Waals surface area contributed by atoms with Crippen molar-refractivity contribution in [3.63, 3.8) is 0 Å². The summed E-state index contributed by atoms with van der Waals surface area (Å²) < 4.78 is 0. The molecule has 1 heterocycles. The molecule has 3 heteroatoms. The topological polar surface area (TPSA) is 29.3 Å². The first-order chi connectivity index (χ1) is 9.19. The molecule has 1 aromatic carbocycles. The second-order valence-electron chi connectivity index (χ2n) is 5.64. The molecule has 1 aromatic rings. The van der Waals surface area contributed by atoms with E-state index in [9.17, 15) is 0 Å². The zero-order valence-corrected chi connectivity index (χ0v) is 12.6. The van der Waals surface area contributed by atoms with Crippen LogP contribution in [-0.4, -0.2) is 24.5 Å². The molecule has 0 aromatic heterocycles. The van der Waals surface area contributed by atoms with Crippen LogP contribution < -0.4 is 5.73 Å². The number of rotatable bonds is 5. The third kappa shape index (κ3) is 4.48. The average molecular weight is 281 g/mol. The molecule has 0 bridgehead atoms. The molecular formula is C16H25ClN2. The molecule has 1 fully saturated rings. The average Bonchev–Trinajstić information content (AvgIpc) is 2.45. The smallest absolute Gasteiger partial charge is 0.0409 e. The first-order valence-corrected chi connectivity index (χ1v) is 7.80. The predicted molar refractivity (Wildman–Crippen MR) is 82.5 cm³/mol. The number of benzene rings is 1. The molecule has 0 aliphatic carbocycles. The second-order valence-corrected chi connectivity index (χ2v) is 6.08. The Morgan fingerprint density at radius 2 is 2.11 bits per heavy atom. The summed E-state index contributed by atoms with van der Waals surface area (Å²) in [6, 6.07) is 8.02. The zero-order chi connectivity index (χ0) is 13.7. The number of hydrogen-bond donors (Lipinski definition) is 1. The van der Waals surface area contributed by atoms with E-state index in [4.69, 9.17) is 17.3 Å². The van der Waals surface area contributed by atoms with Crippen LogP contribution in [0, 0.1) is 5.92 Å². The molecule has 0 amide bonds. The van der Waals surface area contributed by atoms with Gasteiger partial charge in [0, 0.05) is 11.1 Å². The molecule has 1 unspecified atom stereocenters. The van der Waals surface area contributed by atoms with E-state index in [1.807, 2.05) is 18.2 Å². The van der Waals surface area contributed by atoms with Gasteiger partial charge in [-0.1, -0.05) is 37.1 Å². The van der Waals surface area contributed by atoms with Crippen LogP contribution in [0.1, 0.15) is 44.2 Å². The van der Waals surface area contributed by atoms with Gasteiger partial charge in [0.2, 0.25) is 0 Å². The zero-order valence-electron chi connectivity index (χ0n) is 11.8. The van der Waals surface area contributed by atoms with Gasteiger partial charge in [-0.3, -0.25) is 0 Å². The largest absolute Gasteiger partial charge is 0.324 e. The Kier molecular flexibility index (Phi) is 5.68. The summed E-state index contributed by atoms with van der Waals surface area (Å²) in [6.45, 7) is 5.88. The predicted octanol–water partition coefficient (Wildman–Crippen LogP) is 3.85. The van der Waals surface area contributed by atoms with Gasteiger partial charge in [0.1, 0.15) is 0 Å². The van der Waals surface area contributed by atoms with Crippen molar-refractivity contribution < 1.29 is 0 Å². The van der Waals surface area contributed by atoms with Gasteiger partial charge >= 0.3 is 0 Å². The molecule has 106 valence electrons. The first kappa shape index (κ1) is 14.8. The fourth-order valence-electron chi connectivity index (χ4n) is 2.84. The fourth-order valence-corrected chi connectivity index (χ4v) is 3.04. The molecule has 0 saturated carbocycles. The van der Waals surface area contributed by atoms with Gasteiger partial charge in [-0.25, -0.2) is 0 Å². The van der Waals surface area contributed by atoms with Crippen LogP contribution in [0.15, 0.2) is 24.3 Å². The van der Waals surface area contributed by atoms with E-state index in [1.165, 1.54) is 32.4 Å². The third-order valence-electron chi connectivity index (χ3n) is 4.32. The highest BCUT2D eigenvalue weighted by molar-refractivity contribution is 6.30. The van der Waals surface area contributed by atoms with Crippen LogP contribution in [0.25, 0.3) is 0 Å². The van der Waals surface area contributed by atoms with E-state index in [-0.39, 0.29) is 6.04 Å². The van der Waals surface area contributed by atoms with Gasteiger partial charge in [-0.15, -0.1) is 0 Å². The molecule has 2 N–H and O–H groups in total. The summed E-state index contributed by atoms with van der Waals surface area (Å²) in [5.74, 6) is 0.942. The Hall–Kier alpha value is -0.570. The standard InChI is InChI=1S/C16H25ClN2/c1-2-13-6-9-19(10-7-13)11-8-16(18)14-4-3-5-15(17)12-14/h3-5,12-13,16H,2,6-11,18H2,1H3. The van der Waals surface area contributed by atoms with E-state index in [0.717, 1.165) is 29.5 Å². The van der Waals surface area contributed by atoms with Crippen LogP contribution in [0.4, 0.5) is 0 Å². The van der Waals surface area contributed by atoms with Crippen molar-refractivity contribution in [3.8, 4) is 0 Å². The number of hydrogen-bond acceptors (Lipinski definition) is 2. The van der Waals surface area contributed by atoms with E-state index in [1.54, 1.807) is 0 Å². The lowest BCUT2D eigenvalue weighted by Gasteiger charge is -2.32. The molecule has 1 saturated heterocycles. The summed E-state index contributed by atoms with van der Waals surface area (Å²) in [7, 11) is 0. The Bertz CT molecular complexity index is 386. The van der Waals surface area contributed by atoms with Crippen molar-refractivity contribution in [1.82, 2.24) is 4.90 Å². The summed E-state index contributed by atoms with van der Waals surface area (Å²) in [5, 5.41) is 0.775. The summed E-state index contributed by atoms with van der Waals surface area (Å²) in [4.78, 5) is 2.55. The van der Waals surface area contributed by atoms with Crippen LogP contribution >= 0.6 is 11.6 Å². The van der Waals surface area contributed by atoms with Crippen molar-refractivity contribution in [1.29, 1.82) is 0 Å². The van der Waals surface area contributed by atoms with Crippen molar-refractivity contribution in [2.75, 3.05) is 19.6 Å². The molecule has 2 nitrogen and oxygen atoms in total. The molecule has 2 rings (SSSR count). The summed E-state index contributed by atoms with van der Waals surface area (Å²) in [5.41, 5.74) is 7.40. The van der Waals surface area contributed by atoms with E-state index < -0.39 is 0 Å². The Labute approximate surface area is 121 Å². The quantitative estimate of drug-likeness (QED) is 0.888. The van der Waals surface area contributed by atoms with Gasteiger partial charge in [0.25, 0.3) is 0 Å². The molecule has 0 spiro atoms. The van der Waals surface area contributed by atoms with Crippen LogP contribution in [0.3, 0.4) is 0 Å². The highest BCUT2D eigenvalue weighted by Gasteiger charge is 2.18. The van der Waals surface area contributed by atoms with E-state index in [2.05, 4.69) is 17.9 Å². The Morgan fingerprint density at radius 3 is 2.74 bits per heavy atom. The Morgan fingerprint density at radius 1 is 1.37 bits per heavy atom. The number of likely N-dealkylation sites (tertiary alicyclic amines) is 1. The number of nitrogens with two attached hydrogens (primary N) is 1. The van der Waals surface area contributed by atoms with Crippen molar-refractivity contribution in [2.24, 2.45) is 11.7 Å². The number of piperidine rings is 1. The van der Waals surface area contributed by atoms with Gasteiger partial charge in [0.05, 0.1) is 0 Å². The normalized spacial score (nSPS) is 19.5. The van der Waals surface area contributed by atoms with Crippen LogP contribution in [0.2, 0.25) is 5.02 Å². The van der Waals surface area contributed by atoms with Gasteiger partial charge in [0.15, 0.2) is 0 Å². The maximum atomic E-state index is 6.25. The lowest BCUT2D eigenvalue weighted by Crippen LogP contribution is -2.35. The second kappa shape index (κ2) is 7.28. The van der Waals surface area contributed by atoms with Crippen LogP contribution in [0.5, 0.6) is 0 Å². The molecule has 19 heavy (non-hydrogen) atoms. The molecule has 0 radical (unpaired) electrons. The van der Waals surface area contributed by atoms with Crippen molar-refractivity contribution in [2.45, 2.75) is 38.6 Å². The SMILES string of the molecule is CCC1CCN(CCC(N)c2cccc(Cl)c2)CC1. The highest BCUT2D eigenvalue weighted by atomic mass is 35.5. The molecule has 1 aliphatic rings.